The van der Waals surface area contributed by atoms with Crippen LogP contribution in [0.15, 0.2) is 28.7 Å². The van der Waals surface area contributed by atoms with Crippen LogP contribution in [0.5, 0.6) is 0 Å². The van der Waals surface area contributed by atoms with Gasteiger partial charge in [0.05, 0.1) is 6.54 Å². The average molecular weight is 258 g/mol. The molecule has 5 nitrogen and oxygen atoms in total. The van der Waals surface area contributed by atoms with Crippen LogP contribution < -0.4 is 10.2 Å². The first kappa shape index (κ1) is 12.2. The van der Waals surface area contributed by atoms with Crippen molar-refractivity contribution >= 4 is 11.7 Å². The van der Waals surface area contributed by atoms with Gasteiger partial charge >= 0.3 is 6.01 Å². The highest BCUT2D eigenvalue weighted by Gasteiger charge is 2.23. The summed E-state index contributed by atoms with van der Waals surface area (Å²) in [7, 11) is 0. The molecule has 1 aliphatic heterocycles. The second kappa shape index (κ2) is 5.40. The van der Waals surface area contributed by atoms with E-state index in [-0.39, 0.29) is 0 Å². The van der Waals surface area contributed by atoms with Crippen molar-refractivity contribution in [1.29, 1.82) is 0 Å². The molecule has 0 saturated heterocycles. The number of aromatic nitrogens is 2. The van der Waals surface area contributed by atoms with E-state index in [1.165, 1.54) is 11.3 Å². The molecule has 1 aromatic carbocycles. The average Bonchev–Trinajstić information content (AvgIpc) is 3.05. The fourth-order valence-electron chi connectivity index (χ4n) is 2.33. The van der Waals surface area contributed by atoms with Gasteiger partial charge in [-0.3, -0.25) is 4.90 Å². The molecule has 0 amide bonds. The van der Waals surface area contributed by atoms with Crippen molar-refractivity contribution in [3.8, 4) is 0 Å². The molecule has 0 radical (unpaired) electrons. The lowest BCUT2D eigenvalue weighted by molar-refractivity contribution is 0.470. The third-order valence-corrected chi connectivity index (χ3v) is 3.28. The summed E-state index contributed by atoms with van der Waals surface area (Å²) in [6.07, 6.45) is 2.13. The third-order valence-electron chi connectivity index (χ3n) is 3.28. The molecule has 1 aromatic heterocycles. The monoisotopic (exact) mass is 258 g/mol. The zero-order valence-corrected chi connectivity index (χ0v) is 11.1. The summed E-state index contributed by atoms with van der Waals surface area (Å²) in [5.74, 6) is 0.646. The molecule has 100 valence electrons. The van der Waals surface area contributed by atoms with Crippen LogP contribution in [0.4, 0.5) is 11.7 Å². The van der Waals surface area contributed by atoms with Gasteiger partial charge in [-0.15, -0.1) is 5.10 Å². The Labute approximate surface area is 112 Å². The van der Waals surface area contributed by atoms with Gasteiger partial charge in [-0.05, 0) is 31.0 Å². The van der Waals surface area contributed by atoms with Crippen LogP contribution >= 0.6 is 0 Å². The summed E-state index contributed by atoms with van der Waals surface area (Å²) < 4.78 is 5.71. The SMILES string of the molecule is CCCNCc1nnc(N2CCc3ccccc32)o1. The number of para-hydroxylation sites is 1. The van der Waals surface area contributed by atoms with Crippen molar-refractivity contribution in [2.45, 2.75) is 26.3 Å². The van der Waals surface area contributed by atoms with Gasteiger partial charge in [0, 0.05) is 12.2 Å². The van der Waals surface area contributed by atoms with Crippen LogP contribution in [-0.4, -0.2) is 23.3 Å². The lowest BCUT2D eigenvalue weighted by atomic mass is 10.2. The number of fused-ring (bicyclic) bond motifs is 1. The Balaban J connectivity index is 1.74. The molecule has 0 atom stereocenters. The van der Waals surface area contributed by atoms with Crippen molar-refractivity contribution in [2.75, 3.05) is 18.0 Å². The van der Waals surface area contributed by atoms with E-state index >= 15 is 0 Å². The summed E-state index contributed by atoms with van der Waals surface area (Å²) in [5.41, 5.74) is 2.52. The second-order valence-corrected chi connectivity index (χ2v) is 4.69. The largest absolute Gasteiger partial charge is 0.406 e. The molecule has 0 bridgehead atoms. The zero-order chi connectivity index (χ0) is 13.1. The molecule has 1 N–H and O–H groups in total. The van der Waals surface area contributed by atoms with Crippen molar-refractivity contribution in [1.82, 2.24) is 15.5 Å². The fraction of sp³-hybridized carbons (Fsp3) is 0.429. The van der Waals surface area contributed by atoms with E-state index in [0.29, 0.717) is 18.5 Å². The van der Waals surface area contributed by atoms with Crippen molar-refractivity contribution in [2.24, 2.45) is 0 Å². The first-order valence-electron chi connectivity index (χ1n) is 6.77. The van der Waals surface area contributed by atoms with E-state index in [0.717, 1.165) is 25.9 Å². The van der Waals surface area contributed by atoms with Gasteiger partial charge in [0.1, 0.15) is 0 Å². The summed E-state index contributed by atoms with van der Waals surface area (Å²) in [5, 5.41) is 11.5. The Morgan fingerprint density at radius 1 is 1.32 bits per heavy atom. The van der Waals surface area contributed by atoms with Gasteiger partial charge in [0.2, 0.25) is 5.89 Å². The molecule has 2 aromatic rings. The quantitative estimate of drug-likeness (QED) is 0.834. The van der Waals surface area contributed by atoms with Crippen LogP contribution in [-0.2, 0) is 13.0 Å². The maximum atomic E-state index is 5.71. The van der Waals surface area contributed by atoms with E-state index < -0.39 is 0 Å². The number of rotatable bonds is 5. The lowest BCUT2D eigenvalue weighted by Crippen LogP contribution is -2.14. The minimum atomic E-state index is 0.596. The zero-order valence-electron chi connectivity index (χ0n) is 11.1. The first-order chi connectivity index (χ1) is 9.38. The van der Waals surface area contributed by atoms with Crippen LogP contribution in [0.2, 0.25) is 0 Å². The number of nitrogens with zero attached hydrogens (tertiary/aromatic N) is 3. The van der Waals surface area contributed by atoms with Gasteiger partial charge in [0.25, 0.3) is 0 Å². The molecule has 19 heavy (non-hydrogen) atoms. The maximum Gasteiger partial charge on any atom is 0.322 e. The first-order valence-corrected chi connectivity index (χ1v) is 6.77. The highest BCUT2D eigenvalue weighted by atomic mass is 16.4. The Hall–Kier alpha value is -1.88. The Morgan fingerprint density at radius 2 is 2.21 bits per heavy atom. The van der Waals surface area contributed by atoms with Gasteiger partial charge in [-0.2, -0.15) is 0 Å². The number of benzene rings is 1. The summed E-state index contributed by atoms with van der Waals surface area (Å²) in [6.45, 7) is 4.64. The Morgan fingerprint density at radius 3 is 3.11 bits per heavy atom. The molecule has 0 saturated carbocycles. The summed E-state index contributed by atoms with van der Waals surface area (Å²) in [6, 6.07) is 8.95. The van der Waals surface area contributed by atoms with E-state index in [9.17, 15) is 0 Å². The lowest BCUT2D eigenvalue weighted by Gasteiger charge is -2.13. The van der Waals surface area contributed by atoms with Gasteiger partial charge in [-0.1, -0.05) is 30.2 Å². The number of hydrogen-bond acceptors (Lipinski definition) is 5. The van der Waals surface area contributed by atoms with E-state index in [1.54, 1.807) is 0 Å². The van der Waals surface area contributed by atoms with Crippen molar-refractivity contribution < 1.29 is 4.42 Å². The van der Waals surface area contributed by atoms with Crippen molar-refractivity contribution in [3.63, 3.8) is 0 Å². The molecule has 0 unspecified atom stereocenters. The molecular weight excluding hydrogens is 240 g/mol. The molecule has 2 heterocycles. The molecule has 3 rings (SSSR count). The second-order valence-electron chi connectivity index (χ2n) is 4.69. The molecule has 0 aliphatic carbocycles. The maximum absolute atomic E-state index is 5.71. The molecule has 5 heteroatoms. The smallest absolute Gasteiger partial charge is 0.322 e. The van der Waals surface area contributed by atoms with Crippen molar-refractivity contribution in [3.05, 3.63) is 35.7 Å². The molecule has 1 aliphatic rings. The number of anilines is 2. The van der Waals surface area contributed by atoms with E-state index in [2.05, 4.69) is 45.5 Å². The van der Waals surface area contributed by atoms with Gasteiger partial charge in [0.15, 0.2) is 0 Å². The predicted molar refractivity (Wildman–Crippen MR) is 73.4 cm³/mol. The topological polar surface area (TPSA) is 54.2 Å². The Kier molecular flexibility index (Phi) is 3.46. The molecule has 0 spiro atoms. The predicted octanol–water partition coefficient (Wildman–Crippen LogP) is 2.26. The minimum Gasteiger partial charge on any atom is -0.406 e. The van der Waals surface area contributed by atoms with Gasteiger partial charge < -0.3 is 9.73 Å². The van der Waals surface area contributed by atoms with Crippen LogP contribution in [0.3, 0.4) is 0 Å². The highest BCUT2D eigenvalue weighted by Crippen LogP contribution is 2.33. The Bertz CT molecular complexity index is 552. The molecule has 0 fully saturated rings. The van der Waals surface area contributed by atoms with Crippen LogP contribution in [0, 0.1) is 0 Å². The van der Waals surface area contributed by atoms with E-state index in [4.69, 9.17) is 4.42 Å². The number of nitrogens with one attached hydrogen (secondary N) is 1. The van der Waals surface area contributed by atoms with Gasteiger partial charge in [-0.25, -0.2) is 0 Å². The van der Waals surface area contributed by atoms with E-state index in [1.807, 2.05) is 6.07 Å². The van der Waals surface area contributed by atoms with Crippen LogP contribution in [0.25, 0.3) is 0 Å². The third kappa shape index (κ3) is 2.46. The number of hydrogen-bond donors (Lipinski definition) is 1. The molecular formula is C14H18N4O. The summed E-state index contributed by atoms with van der Waals surface area (Å²) >= 11 is 0. The summed E-state index contributed by atoms with van der Waals surface area (Å²) in [4.78, 5) is 2.09. The minimum absolute atomic E-state index is 0.596. The standard InChI is InChI=1S/C14H18N4O/c1-2-8-15-10-13-16-17-14(19-13)18-9-7-11-5-3-4-6-12(11)18/h3-6,15H,2,7-10H2,1H3. The van der Waals surface area contributed by atoms with Crippen LogP contribution in [0.1, 0.15) is 24.8 Å². The highest BCUT2D eigenvalue weighted by molar-refractivity contribution is 5.64. The normalized spacial score (nSPS) is 13.8. The fourth-order valence-corrected chi connectivity index (χ4v) is 2.33.